The fourth-order valence-electron chi connectivity index (χ4n) is 1.26. The highest BCUT2D eigenvalue weighted by Gasteiger charge is 2.10. The summed E-state index contributed by atoms with van der Waals surface area (Å²) in [5.41, 5.74) is 1.02. The van der Waals surface area contributed by atoms with Crippen LogP contribution in [0.1, 0.15) is 25.1 Å². The Hall–Kier alpha value is -1.27. The molecular formula is C10H15N3. The van der Waals surface area contributed by atoms with Crippen LogP contribution in [0.5, 0.6) is 0 Å². The molecular weight excluding hydrogens is 162 g/mol. The Bertz CT molecular complexity index is 295. The molecule has 0 aliphatic rings. The first-order valence-electron chi connectivity index (χ1n) is 4.44. The average molecular weight is 177 g/mol. The van der Waals surface area contributed by atoms with Gasteiger partial charge in [-0.1, -0.05) is 6.92 Å². The lowest BCUT2D eigenvalue weighted by atomic mass is 10.1. The molecule has 0 radical (unpaired) electrons. The van der Waals surface area contributed by atoms with Crippen LogP contribution in [0.25, 0.3) is 0 Å². The molecule has 1 rings (SSSR count). The van der Waals surface area contributed by atoms with Crippen molar-refractivity contribution in [2.45, 2.75) is 19.4 Å². The first-order valence-corrected chi connectivity index (χ1v) is 4.44. The maximum Gasteiger partial charge on any atom is 0.0803 e. The minimum absolute atomic E-state index is 0.191. The topological polar surface area (TPSA) is 29.9 Å². The zero-order valence-corrected chi connectivity index (χ0v) is 8.12. The minimum Gasteiger partial charge on any atom is -0.308 e. The Kier molecular flexibility index (Phi) is 3.53. The van der Waals surface area contributed by atoms with E-state index in [0.29, 0.717) is 6.42 Å². The fourth-order valence-corrected chi connectivity index (χ4v) is 1.26. The van der Waals surface area contributed by atoms with E-state index in [1.165, 1.54) is 0 Å². The highest BCUT2D eigenvalue weighted by molar-refractivity contribution is 5.08. The standard InChI is InChI=1S/C10H15N3/c1-4-6-9(11-5-2)10-7-8-13(3)12-10/h1,7-9,11H,5-6H2,2-3H3. The van der Waals surface area contributed by atoms with Crippen molar-refractivity contribution in [3.63, 3.8) is 0 Å². The molecule has 13 heavy (non-hydrogen) atoms. The number of nitrogens with one attached hydrogen (secondary N) is 1. The predicted molar refractivity (Wildman–Crippen MR) is 53.1 cm³/mol. The maximum atomic E-state index is 5.28. The normalized spacial score (nSPS) is 12.4. The third kappa shape index (κ3) is 2.60. The van der Waals surface area contributed by atoms with E-state index in [-0.39, 0.29) is 6.04 Å². The average Bonchev–Trinajstić information content (AvgIpc) is 2.51. The maximum absolute atomic E-state index is 5.28. The van der Waals surface area contributed by atoms with Crippen LogP contribution >= 0.6 is 0 Å². The van der Waals surface area contributed by atoms with Crippen molar-refractivity contribution in [3.8, 4) is 12.3 Å². The van der Waals surface area contributed by atoms with E-state index < -0.39 is 0 Å². The van der Waals surface area contributed by atoms with Gasteiger partial charge in [0.25, 0.3) is 0 Å². The second-order valence-electron chi connectivity index (χ2n) is 2.93. The highest BCUT2D eigenvalue weighted by Crippen LogP contribution is 2.12. The van der Waals surface area contributed by atoms with Crippen LogP contribution in [0.15, 0.2) is 12.3 Å². The molecule has 0 bridgehead atoms. The Balaban J connectivity index is 2.70. The van der Waals surface area contributed by atoms with E-state index in [1.807, 2.05) is 19.3 Å². The third-order valence-corrected chi connectivity index (χ3v) is 1.86. The van der Waals surface area contributed by atoms with Crippen LogP contribution in [0.2, 0.25) is 0 Å². The van der Waals surface area contributed by atoms with Crippen molar-refractivity contribution in [1.29, 1.82) is 0 Å². The molecule has 1 heterocycles. The van der Waals surface area contributed by atoms with Crippen LogP contribution in [0.4, 0.5) is 0 Å². The molecule has 0 aromatic carbocycles. The molecule has 0 saturated heterocycles. The largest absolute Gasteiger partial charge is 0.308 e. The first-order chi connectivity index (χ1) is 6.27. The number of hydrogen-bond acceptors (Lipinski definition) is 2. The van der Waals surface area contributed by atoms with Gasteiger partial charge in [-0.15, -0.1) is 12.3 Å². The van der Waals surface area contributed by atoms with Crippen molar-refractivity contribution in [1.82, 2.24) is 15.1 Å². The van der Waals surface area contributed by atoms with E-state index in [9.17, 15) is 0 Å². The molecule has 1 atom stereocenters. The molecule has 1 unspecified atom stereocenters. The van der Waals surface area contributed by atoms with Gasteiger partial charge >= 0.3 is 0 Å². The molecule has 0 fully saturated rings. The van der Waals surface area contributed by atoms with E-state index in [1.54, 1.807) is 4.68 Å². The second kappa shape index (κ2) is 4.68. The molecule has 1 N–H and O–H groups in total. The van der Waals surface area contributed by atoms with Gasteiger partial charge < -0.3 is 5.32 Å². The first kappa shape index (κ1) is 9.82. The van der Waals surface area contributed by atoms with E-state index in [4.69, 9.17) is 6.42 Å². The van der Waals surface area contributed by atoms with Gasteiger partial charge in [0, 0.05) is 19.7 Å². The Morgan fingerprint density at radius 3 is 3.00 bits per heavy atom. The lowest BCUT2D eigenvalue weighted by Gasteiger charge is -2.11. The van der Waals surface area contributed by atoms with Gasteiger partial charge in [0.2, 0.25) is 0 Å². The van der Waals surface area contributed by atoms with Gasteiger partial charge in [-0.3, -0.25) is 4.68 Å². The number of nitrogens with zero attached hydrogens (tertiary/aromatic N) is 2. The lowest BCUT2D eigenvalue weighted by molar-refractivity contribution is 0.541. The van der Waals surface area contributed by atoms with Crippen molar-refractivity contribution in [2.75, 3.05) is 6.54 Å². The summed E-state index contributed by atoms with van der Waals surface area (Å²) in [6, 6.07) is 2.18. The van der Waals surface area contributed by atoms with Gasteiger partial charge in [0.1, 0.15) is 0 Å². The summed E-state index contributed by atoms with van der Waals surface area (Å²) in [6.07, 6.45) is 7.89. The van der Waals surface area contributed by atoms with E-state index >= 15 is 0 Å². The zero-order valence-electron chi connectivity index (χ0n) is 8.12. The van der Waals surface area contributed by atoms with E-state index in [0.717, 1.165) is 12.2 Å². The Labute approximate surface area is 79.1 Å². The fraction of sp³-hybridized carbons (Fsp3) is 0.500. The second-order valence-corrected chi connectivity index (χ2v) is 2.93. The molecule has 1 aromatic rings. The molecule has 3 nitrogen and oxygen atoms in total. The van der Waals surface area contributed by atoms with Gasteiger partial charge in [-0.25, -0.2) is 0 Å². The van der Waals surface area contributed by atoms with Crippen molar-refractivity contribution in [3.05, 3.63) is 18.0 Å². The highest BCUT2D eigenvalue weighted by atomic mass is 15.3. The summed E-state index contributed by atoms with van der Waals surface area (Å²) in [4.78, 5) is 0. The molecule has 0 spiro atoms. The van der Waals surface area contributed by atoms with Crippen LogP contribution < -0.4 is 5.32 Å². The van der Waals surface area contributed by atoms with Gasteiger partial charge in [0.15, 0.2) is 0 Å². The zero-order chi connectivity index (χ0) is 9.68. The number of rotatable bonds is 4. The number of aromatic nitrogens is 2. The smallest absolute Gasteiger partial charge is 0.0803 e. The van der Waals surface area contributed by atoms with Crippen molar-refractivity contribution in [2.24, 2.45) is 7.05 Å². The molecule has 0 saturated carbocycles. The number of aryl methyl sites for hydroxylation is 1. The van der Waals surface area contributed by atoms with Gasteiger partial charge in [0.05, 0.1) is 11.7 Å². The summed E-state index contributed by atoms with van der Waals surface area (Å²) in [5.74, 6) is 2.65. The summed E-state index contributed by atoms with van der Waals surface area (Å²) in [7, 11) is 1.91. The van der Waals surface area contributed by atoms with E-state index in [2.05, 4.69) is 23.3 Å². The lowest BCUT2D eigenvalue weighted by Crippen LogP contribution is -2.21. The summed E-state index contributed by atoms with van der Waals surface area (Å²) < 4.78 is 1.79. The Morgan fingerprint density at radius 2 is 2.54 bits per heavy atom. The molecule has 0 aliphatic heterocycles. The van der Waals surface area contributed by atoms with Crippen molar-refractivity contribution >= 4 is 0 Å². The summed E-state index contributed by atoms with van der Waals surface area (Å²) in [6.45, 7) is 2.97. The molecule has 0 aliphatic carbocycles. The predicted octanol–water partition coefficient (Wildman–Crippen LogP) is 1.09. The monoisotopic (exact) mass is 177 g/mol. The van der Waals surface area contributed by atoms with Crippen molar-refractivity contribution < 1.29 is 0 Å². The summed E-state index contributed by atoms with van der Waals surface area (Å²) >= 11 is 0. The number of hydrogen-bond donors (Lipinski definition) is 1. The van der Waals surface area contributed by atoms with Crippen LogP contribution in [0.3, 0.4) is 0 Å². The van der Waals surface area contributed by atoms with Gasteiger partial charge in [-0.05, 0) is 12.6 Å². The van der Waals surface area contributed by atoms with Crippen LogP contribution in [0, 0.1) is 12.3 Å². The van der Waals surface area contributed by atoms with Gasteiger partial charge in [-0.2, -0.15) is 5.10 Å². The quantitative estimate of drug-likeness (QED) is 0.698. The summed E-state index contributed by atoms with van der Waals surface area (Å²) in [5, 5.41) is 7.60. The Morgan fingerprint density at radius 1 is 1.77 bits per heavy atom. The SMILES string of the molecule is C#CCC(NCC)c1ccn(C)n1. The molecule has 3 heteroatoms. The minimum atomic E-state index is 0.191. The molecule has 70 valence electrons. The van der Waals surface area contributed by atoms with Crippen LogP contribution in [-0.4, -0.2) is 16.3 Å². The van der Waals surface area contributed by atoms with Crippen LogP contribution in [-0.2, 0) is 7.05 Å². The third-order valence-electron chi connectivity index (χ3n) is 1.86. The molecule has 0 amide bonds. The number of terminal acetylenes is 1. The molecule has 1 aromatic heterocycles.